The second-order valence-electron chi connectivity index (χ2n) is 10.4. The van der Waals surface area contributed by atoms with E-state index in [1.165, 1.54) is 6.92 Å². The lowest BCUT2D eigenvalue weighted by Gasteiger charge is -2.33. The number of fused-ring (bicyclic) bond motifs is 1. The molecule has 5 atom stereocenters. The van der Waals surface area contributed by atoms with E-state index in [9.17, 15) is 19.2 Å². The van der Waals surface area contributed by atoms with Gasteiger partial charge in [-0.25, -0.2) is 0 Å². The summed E-state index contributed by atoms with van der Waals surface area (Å²) < 4.78 is 5.26. The summed E-state index contributed by atoms with van der Waals surface area (Å²) in [5, 5.41) is 6.01. The highest BCUT2D eigenvalue weighted by atomic mass is 16.5. The van der Waals surface area contributed by atoms with Crippen LogP contribution in [0.2, 0.25) is 0 Å². The van der Waals surface area contributed by atoms with E-state index in [1.807, 2.05) is 60.7 Å². The van der Waals surface area contributed by atoms with Crippen LogP contribution in [0.5, 0.6) is 0 Å². The minimum Gasteiger partial charge on any atom is -0.465 e. The Kier molecular flexibility index (Phi) is 9.35. The smallest absolute Gasteiger partial charge is 0.302 e. The highest BCUT2D eigenvalue weighted by Crippen LogP contribution is 2.35. The van der Waals surface area contributed by atoms with Crippen LogP contribution in [-0.2, 0) is 23.9 Å². The summed E-state index contributed by atoms with van der Waals surface area (Å²) in [6, 6.07) is 16.5. The predicted octanol–water partition coefficient (Wildman–Crippen LogP) is 2.45. The highest BCUT2D eigenvalue weighted by Gasteiger charge is 2.48. The Bertz CT molecular complexity index is 1120. The Labute approximate surface area is 229 Å². The molecule has 39 heavy (non-hydrogen) atoms. The number of esters is 1. The number of amides is 3. The van der Waals surface area contributed by atoms with Crippen LogP contribution in [0.15, 0.2) is 60.7 Å². The van der Waals surface area contributed by atoms with Gasteiger partial charge in [-0.3, -0.25) is 19.2 Å². The summed E-state index contributed by atoms with van der Waals surface area (Å²) >= 11 is 0. The van der Waals surface area contributed by atoms with Gasteiger partial charge in [0, 0.05) is 18.9 Å². The summed E-state index contributed by atoms with van der Waals surface area (Å²) in [5.41, 5.74) is 7.82. The largest absolute Gasteiger partial charge is 0.465 e. The first-order valence-corrected chi connectivity index (χ1v) is 13.7. The Hall–Kier alpha value is -3.72. The molecule has 0 radical (unpaired) electrons. The van der Waals surface area contributed by atoms with E-state index in [4.69, 9.17) is 10.5 Å². The van der Waals surface area contributed by atoms with Crippen LogP contribution in [0.1, 0.15) is 63.1 Å². The SMILES string of the molecule is CCC(N)C(=O)N[C@@H]1C(=O)N2[C@@H](CC[C@@H]1COC(C)=O)CC[C@H]2C(=O)NC(c1ccccc1)c1ccccc1. The summed E-state index contributed by atoms with van der Waals surface area (Å²) in [6.45, 7) is 3.12. The fourth-order valence-electron chi connectivity index (χ4n) is 5.61. The van der Waals surface area contributed by atoms with Crippen LogP contribution in [0, 0.1) is 5.92 Å². The van der Waals surface area contributed by atoms with Gasteiger partial charge in [0.1, 0.15) is 12.1 Å². The third kappa shape index (κ3) is 6.65. The predicted molar refractivity (Wildman–Crippen MR) is 146 cm³/mol. The number of hydrogen-bond donors (Lipinski definition) is 3. The summed E-state index contributed by atoms with van der Waals surface area (Å²) in [4.78, 5) is 53.8. The minimum absolute atomic E-state index is 0.00882. The van der Waals surface area contributed by atoms with Crippen molar-refractivity contribution < 1.29 is 23.9 Å². The van der Waals surface area contributed by atoms with Gasteiger partial charge in [-0.2, -0.15) is 0 Å². The maximum atomic E-state index is 14.0. The van der Waals surface area contributed by atoms with Crippen molar-refractivity contribution in [2.24, 2.45) is 11.7 Å². The van der Waals surface area contributed by atoms with Crippen molar-refractivity contribution in [1.29, 1.82) is 0 Å². The number of carbonyl (C=O) groups is 4. The minimum atomic E-state index is -0.938. The number of nitrogens with zero attached hydrogens (tertiary/aromatic N) is 1. The number of benzene rings is 2. The summed E-state index contributed by atoms with van der Waals surface area (Å²) in [7, 11) is 0. The van der Waals surface area contributed by atoms with Gasteiger partial charge in [0.05, 0.1) is 18.7 Å². The topological polar surface area (TPSA) is 131 Å². The van der Waals surface area contributed by atoms with E-state index in [2.05, 4.69) is 10.6 Å². The van der Waals surface area contributed by atoms with Crippen molar-refractivity contribution >= 4 is 23.7 Å². The monoisotopic (exact) mass is 534 g/mol. The molecule has 4 rings (SSSR count). The van der Waals surface area contributed by atoms with Crippen LogP contribution >= 0.6 is 0 Å². The van der Waals surface area contributed by atoms with Gasteiger partial charge < -0.3 is 26.0 Å². The number of nitrogens with one attached hydrogen (secondary N) is 2. The zero-order valence-electron chi connectivity index (χ0n) is 22.5. The van der Waals surface area contributed by atoms with Gasteiger partial charge in [-0.15, -0.1) is 0 Å². The second-order valence-corrected chi connectivity index (χ2v) is 10.4. The molecule has 4 N–H and O–H groups in total. The van der Waals surface area contributed by atoms with Gasteiger partial charge in [0.2, 0.25) is 17.7 Å². The Balaban J connectivity index is 1.59. The maximum Gasteiger partial charge on any atom is 0.302 e. The first-order chi connectivity index (χ1) is 18.8. The summed E-state index contributed by atoms with van der Waals surface area (Å²) in [5.74, 6) is -1.87. The number of carbonyl (C=O) groups excluding carboxylic acids is 4. The molecule has 2 heterocycles. The maximum absolute atomic E-state index is 14.0. The van der Waals surface area contributed by atoms with Crippen molar-refractivity contribution in [3.05, 3.63) is 71.8 Å². The number of ether oxygens (including phenoxy) is 1. The lowest BCUT2D eigenvalue weighted by Crippen LogP contribution is -2.58. The lowest BCUT2D eigenvalue weighted by molar-refractivity contribution is -0.147. The molecule has 2 aromatic carbocycles. The van der Waals surface area contributed by atoms with E-state index in [0.717, 1.165) is 11.1 Å². The molecule has 9 heteroatoms. The standard InChI is InChI=1S/C30H38N4O5/c1-3-24(31)28(36)33-27-22(18-39-19(2)35)14-15-23-16-17-25(34(23)30(27)38)29(37)32-26(20-10-6-4-7-11-20)21-12-8-5-9-13-21/h4-13,22-27H,3,14-18,31H2,1-2H3,(H,32,37)(H,33,36)/t22-,23+,24?,25+,27+/m1/s1. The molecular formula is C30H38N4O5. The molecule has 3 amide bonds. The number of hydrogen-bond acceptors (Lipinski definition) is 6. The number of nitrogens with two attached hydrogens (primary N) is 1. The molecule has 2 aromatic rings. The fourth-order valence-corrected chi connectivity index (χ4v) is 5.61. The molecule has 0 aliphatic carbocycles. The molecule has 0 aromatic heterocycles. The molecule has 2 fully saturated rings. The van der Waals surface area contributed by atoms with E-state index in [-0.39, 0.29) is 30.5 Å². The van der Waals surface area contributed by atoms with Crippen molar-refractivity contribution in [2.45, 2.75) is 76.2 Å². The van der Waals surface area contributed by atoms with Gasteiger partial charge in [-0.05, 0) is 43.2 Å². The fraction of sp³-hybridized carbons (Fsp3) is 0.467. The molecule has 2 saturated heterocycles. The quantitative estimate of drug-likeness (QED) is 0.424. The van der Waals surface area contributed by atoms with Crippen LogP contribution in [0.3, 0.4) is 0 Å². The average Bonchev–Trinajstić information content (AvgIpc) is 3.33. The van der Waals surface area contributed by atoms with E-state index in [0.29, 0.717) is 32.1 Å². The van der Waals surface area contributed by atoms with Gasteiger partial charge in [-0.1, -0.05) is 67.6 Å². The lowest BCUT2D eigenvalue weighted by atomic mass is 9.93. The molecule has 9 nitrogen and oxygen atoms in total. The molecule has 1 unspecified atom stereocenters. The zero-order valence-corrected chi connectivity index (χ0v) is 22.5. The average molecular weight is 535 g/mol. The first kappa shape index (κ1) is 28.3. The van der Waals surface area contributed by atoms with E-state index >= 15 is 0 Å². The van der Waals surface area contributed by atoms with Gasteiger partial charge >= 0.3 is 5.97 Å². The van der Waals surface area contributed by atoms with E-state index < -0.39 is 35.9 Å². The Morgan fingerprint density at radius 1 is 0.974 bits per heavy atom. The molecule has 0 bridgehead atoms. The van der Waals surface area contributed by atoms with Crippen molar-refractivity contribution in [1.82, 2.24) is 15.5 Å². The van der Waals surface area contributed by atoms with Crippen molar-refractivity contribution in [3.63, 3.8) is 0 Å². The van der Waals surface area contributed by atoms with Crippen LogP contribution in [0.4, 0.5) is 0 Å². The van der Waals surface area contributed by atoms with Crippen molar-refractivity contribution in [3.8, 4) is 0 Å². The van der Waals surface area contributed by atoms with Crippen LogP contribution in [0.25, 0.3) is 0 Å². The van der Waals surface area contributed by atoms with Gasteiger partial charge in [0.25, 0.3) is 0 Å². The molecule has 0 spiro atoms. The van der Waals surface area contributed by atoms with E-state index in [1.54, 1.807) is 11.8 Å². The highest BCUT2D eigenvalue weighted by molar-refractivity contribution is 5.94. The Morgan fingerprint density at radius 3 is 2.13 bits per heavy atom. The van der Waals surface area contributed by atoms with Crippen LogP contribution in [-0.4, -0.2) is 59.4 Å². The number of rotatable bonds is 9. The summed E-state index contributed by atoms with van der Waals surface area (Å²) in [6.07, 6.45) is 2.84. The normalized spacial score (nSPS) is 23.5. The second kappa shape index (κ2) is 12.9. The molecule has 0 saturated carbocycles. The van der Waals surface area contributed by atoms with Gasteiger partial charge in [0.15, 0.2) is 0 Å². The van der Waals surface area contributed by atoms with Crippen LogP contribution < -0.4 is 16.4 Å². The molecular weight excluding hydrogens is 496 g/mol. The first-order valence-electron chi connectivity index (χ1n) is 13.7. The molecule has 2 aliphatic rings. The molecule has 2 aliphatic heterocycles. The van der Waals surface area contributed by atoms with Crippen molar-refractivity contribution in [2.75, 3.05) is 6.61 Å². The molecule has 208 valence electrons. The third-order valence-corrected chi connectivity index (χ3v) is 7.80. The third-order valence-electron chi connectivity index (χ3n) is 7.80. The zero-order chi connectivity index (χ0) is 27.9. The Morgan fingerprint density at radius 2 is 1.56 bits per heavy atom.